The van der Waals surface area contributed by atoms with Crippen molar-refractivity contribution < 1.29 is 19.1 Å². The Labute approximate surface area is 124 Å². The maximum absolute atomic E-state index is 12.6. The molecule has 6 nitrogen and oxygen atoms in total. The quantitative estimate of drug-likeness (QED) is 0.909. The van der Waals surface area contributed by atoms with Gasteiger partial charge in [0.25, 0.3) is 0 Å². The summed E-state index contributed by atoms with van der Waals surface area (Å²) in [5.41, 5.74) is 0.672. The van der Waals surface area contributed by atoms with Gasteiger partial charge in [0.2, 0.25) is 11.8 Å². The zero-order valence-electron chi connectivity index (χ0n) is 12.5. The minimum absolute atomic E-state index is 0.104. The van der Waals surface area contributed by atoms with Crippen molar-refractivity contribution in [3.63, 3.8) is 0 Å². The fraction of sp³-hybridized carbons (Fsp3) is 0.467. The van der Waals surface area contributed by atoms with Crippen LogP contribution in [0.4, 0.5) is 5.69 Å². The van der Waals surface area contributed by atoms with Crippen LogP contribution in [0, 0.1) is 0 Å². The Kier molecular flexibility index (Phi) is 4.67. The van der Waals surface area contributed by atoms with Crippen LogP contribution < -0.4 is 19.7 Å². The number of amides is 2. The van der Waals surface area contributed by atoms with Crippen LogP contribution in [-0.4, -0.2) is 38.6 Å². The first-order valence-corrected chi connectivity index (χ1v) is 6.92. The molecule has 0 bridgehead atoms. The SMILES string of the molecule is CCC1NC(=O)CCN(c2cc(OC)cc(OC)c2)C1=O. The Morgan fingerprint density at radius 1 is 1.19 bits per heavy atom. The van der Waals surface area contributed by atoms with E-state index in [-0.39, 0.29) is 18.2 Å². The van der Waals surface area contributed by atoms with Gasteiger partial charge >= 0.3 is 0 Å². The molecule has 0 saturated carbocycles. The number of hydrogen-bond acceptors (Lipinski definition) is 4. The molecule has 1 fully saturated rings. The molecular formula is C15H20N2O4. The summed E-state index contributed by atoms with van der Waals surface area (Å²) < 4.78 is 10.5. The van der Waals surface area contributed by atoms with E-state index in [1.807, 2.05) is 6.92 Å². The number of carbonyl (C=O) groups excluding carboxylic acids is 2. The molecule has 0 aliphatic carbocycles. The van der Waals surface area contributed by atoms with Gasteiger partial charge in [0.1, 0.15) is 17.5 Å². The third-order valence-electron chi connectivity index (χ3n) is 3.52. The highest BCUT2D eigenvalue weighted by Gasteiger charge is 2.29. The van der Waals surface area contributed by atoms with Crippen LogP contribution in [0.15, 0.2) is 18.2 Å². The molecule has 114 valence electrons. The molecule has 1 heterocycles. The van der Waals surface area contributed by atoms with Gasteiger partial charge in [-0.3, -0.25) is 9.59 Å². The zero-order chi connectivity index (χ0) is 15.4. The van der Waals surface area contributed by atoms with Crippen molar-refractivity contribution in [3.8, 4) is 11.5 Å². The Morgan fingerprint density at radius 2 is 1.81 bits per heavy atom. The predicted molar refractivity (Wildman–Crippen MR) is 78.7 cm³/mol. The van der Waals surface area contributed by atoms with Gasteiger partial charge in [-0.1, -0.05) is 6.92 Å². The number of rotatable bonds is 4. The standard InChI is InChI=1S/C15H20N2O4/c1-4-13-15(19)17(6-5-14(18)16-13)10-7-11(20-2)9-12(8-10)21-3/h7-9,13H,4-6H2,1-3H3,(H,16,18). The number of nitrogens with one attached hydrogen (secondary N) is 1. The smallest absolute Gasteiger partial charge is 0.249 e. The van der Waals surface area contributed by atoms with Crippen molar-refractivity contribution in [1.82, 2.24) is 5.32 Å². The Morgan fingerprint density at radius 3 is 2.33 bits per heavy atom. The molecule has 1 aromatic rings. The molecule has 21 heavy (non-hydrogen) atoms. The molecule has 6 heteroatoms. The molecule has 1 N–H and O–H groups in total. The molecule has 1 aliphatic heterocycles. The van der Waals surface area contributed by atoms with Crippen molar-refractivity contribution in [2.24, 2.45) is 0 Å². The molecule has 2 rings (SSSR count). The lowest BCUT2D eigenvalue weighted by Gasteiger charge is -2.24. The topological polar surface area (TPSA) is 67.9 Å². The summed E-state index contributed by atoms with van der Waals surface area (Å²) in [4.78, 5) is 25.8. The van der Waals surface area contributed by atoms with E-state index in [1.54, 1.807) is 37.3 Å². The highest BCUT2D eigenvalue weighted by molar-refractivity contribution is 6.01. The van der Waals surface area contributed by atoms with E-state index in [4.69, 9.17) is 9.47 Å². The number of hydrogen-bond donors (Lipinski definition) is 1. The van der Waals surface area contributed by atoms with E-state index in [2.05, 4.69) is 5.32 Å². The molecule has 1 aliphatic rings. The second-order valence-corrected chi connectivity index (χ2v) is 4.84. The van der Waals surface area contributed by atoms with Gasteiger partial charge in [0.05, 0.1) is 19.9 Å². The average molecular weight is 292 g/mol. The second kappa shape index (κ2) is 6.47. The molecule has 0 spiro atoms. The maximum atomic E-state index is 12.6. The van der Waals surface area contributed by atoms with Crippen LogP contribution in [-0.2, 0) is 9.59 Å². The molecule has 0 radical (unpaired) electrons. The Hall–Kier alpha value is -2.24. The summed E-state index contributed by atoms with van der Waals surface area (Å²) in [7, 11) is 3.12. The van der Waals surface area contributed by atoms with Gasteiger partial charge in [0, 0.05) is 31.2 Å². The minimum atomic E-state index is -0.489. The fourth-order valence-electron chi connectivity index (χ4n) is 2.32. The van der Waals surface area contributed by atoms with Crippen LogP contribution in [0.25, 0.3) is 0 Å². The summed E-state index contributed by atoms with van der Waals surface area (Å²) in [5.74, 6) is 0.994. The zero-order valence-corrected chi connectivity index (χ0v) is 12.5. The summed E-state index contributed by atoms with van der Waals surface area (Å²) in [6, 6.07) is 4.79. The van der Waals surface area contributed by atoms with E-state index in [0.717, 1.165) is 0 Å². The van der Waals surface area contributed by atoms with E-state index in [1.165, 1.54) is 0 Å². The number of ether oxygens (including phenoxy) is 2. The summed E-state index contributed by atoms with van der Waals surface area (Å²) in [6.07, 6.45) is 0.837. The van der Waals surface area contributed by atoms with Gasteiger partial charge in [-0.25, -0.2) is 0 Å². The van der Waals surface area contributed by atoms with Crippen LogP contribution in [0.1, 0.15) is 19.8 Å². The maximum Gasteiger partial charge on any atom is 0.249 e. The predicted octanol–water partition coefficient (Wildman–Crippen LogP) is 1.34. The van der Waals surface area contributed by atoms with Gasteiger partial charge < -0.3 is 19.7 Å². The van der Waals surface area contributed by atoms with Crippen molar-refractivity contribution in [2.75, 3.05) is 25.7 Å². The van der Waals surface area contributed by atoms with E-state index < -0.39 is 6.04 Å². The van der Waals surface area contributed by atoms with E-state index in [0.29, 0.717) is 30.2 Å². The number of benzene rings is 1. The minimum Gasteiger partial charge on any atom is -0.497 e. The van der Waals surface area contributed by atoms with Crippen LogP contribution in [0.2, 0.25) is 0 Å². The summed E-state index contributed by atoms with van der Waals surface area (Å²) in [5, 5.41) is 2.74. The first-order valence-electron chi connectivity index (χ1n) is 6.92. The fourth-order valence-corrected chi connectivity index (χ4v) is 2.32. The number of nitrogens with zero attached hydrogens (tertiary/aromatic N) is 1. The highest BCUT2D eigenvalue weighted by atomic mass is 16.5. The monoisotopic (exact) mass is 292 g/mol. The van der Waals surface area contributed by atoms with E-state index >= 15 is 0 Å². The third kappa shape index (κ3) is 3.26. The van der Waals surface area contributed by atoms with Crippen molar-refractivity contribution in [3.05, 3.63) is 18.2 Å². The normalized spacial score (nSPS) is 19.0. The number of anilines is 1. The van der Waals surface area contributed by atoms with Gasteiger partial charge in [-0.15, -0.1) is 0 Å². The molecule has 1 unspecified atom stereocenters. The lowest BCUT2D eigenvalue weighted by atomic mass is 10.2. The third-order valence-corrected chi connectivity index (χ3v) is 3.52. The van der Waals surface area contributed by atoms with Crippen molar-refractivity contribution in [2.45, 2.75) is 25.8 Å². The van der Waals surface area contributed by atoms with Crippen LogP contribution in [0.3, 0.4) is 0 Å². The largest absolute Gasteiger partial charge is 0.497 e. The lowest BCUT2D eigenvalue weighted by Crippen LogP contribution is -2.44. The summed E-state index contributed by atoms with van der Waals surface area (Å²) >= 11 is 0. The molecule has 0 aromatic heterocycles. The molecule has 1 aromatic carbocycles. The molecule has 2 amide bonds. The van der Waals surface area contributed by atoms with Crippen molar-refractivity contribution >= 4 is 17.5 Å². The van der Waals surface area contributed by atoms with Gasteiger partial charge in [-0.05, 0) is 6.42 Å². The lowest BCUT2D eigenvalue weighted by molar-refractivity contribution is -0.125. The molecular weight excluding hydrogens is 272 g/mol. The molecule has 1 atom stereocenters. The van der Waals surface area contributed by atoms with Crippen LogP contribution >= 0.6 is 0 Å². The second-order valence-electron chi connectivity index (χ2n) is 4.84. The van der Waals surface area contributed by atoms with Crippen LogP contribution in [0.5, 0.6) is 11.5 Å². The molecule has 1 saturated heterocycles. The first-order chi connectivity index (χ1) is 10.1. The number of methoxy groups -OCH3 is 2. The van der Waals surface area contributed by atoms with Gasteiger partial charge in [-0.2, -0.15) is 0 Å². The van der Waals surface area contributed by atoms with Crippen molar-refractivity contribution in [1.29, 1.82) is 0 Å². The number of carbonyl (C=O) groups is 2. The Bertz CT molecular complexity index is 522. The average Bonchev–Trinajstić information content (AvgIpc) is 2.65. The van der Waals surface area contributed by atoms with Gasteiger partial charge in [0.15, 0.2) is 0 Å². The van der Waals surface area contributed by atoms with E-state index in [9.17, 15) is 9.59 Å². The summed E-state index contributed by atoms with van der Waals surface area (Å²) in [6.45, 7) is 2.22. The Balaban J connectivity index is 2.38. The highest BCUT2D eigenvalue weighted by Crippen LogP contribution is 2.29. The first kappa shape index (κ1) is 15.2.